The standard InChI is InChI=1S/C23H27N3O/c27-23(19-26-14-12-21-10-4-5-11-22(21)26)25-17-15-24(16-18-25)13-6-9-20-7-2-1-3-8-20/h1-11H,12-19H2/b9-6+. The molecule has 0 saturated carbocycles. The SMILES string of the molecule is O=C(CN1CCc2ccccc21)N1CCN(C/C=C/c2ccccc2)CC1. The van der Waals surface area contributed by atoms with Gasteiger partial charge in [-0.2, -0.15) is 0 Å². The van der Waals surface area contributed by atoms with Crippen LogP contribution in [0, 0.1) is 0 Å². The molecule has 2 aromatic carbocycles. The van der Waals surface area contributed by atoms with Crippen molar-refractivity contribution >= 4 is 17.7 Å². The van der Waals surface area contributed by atoms with Gasteiger partial charge >= 0.3 is 0 Å². The van der Waals surface area contributed by atoms with E-state index in [9.17, 15) is 4.79 Å². The lowest BCUT2D eigenvalue weighted by molar-refractivity contribution is -0.131. The van der Waals surface area contributed by atoms with Crippen LogP contribution in [0.5, 0.6) is 0 Å². The minimum atomic E-state index is 0.256. The maximum absolute atomic E-state index is 12.7. The number of hydrogen-bond acceptors (Lipinski definition) is 3. The van der Waals surface area contributed by atoms with Crippen LogP contribution in [0.25, 0.3) is 6.08 Å². The van der Waals surface area contributed by atoms with Gasteiger partial charge in [0.1, 0.15) is 0 Å². The first-order chi connectivity index (χ1) is 13.3. The third-order valence-electron chi connectivity index (χ3n) is 5.51. The highest BCUT2D eigenvalue weighted by molar-refractivity contribution is 5.82. The number of hydrogen-bond donors (Lipinski definition) is 0. The first kappa shape index (κ1) is 17.8. The van der Waals surface area contributed by atoms with E-state index in [0.29, 0.717) is 6.54 Å². The Morgan fingerprint density at radius 2 is 1.63 bits per heavy atom. The molecule has 1 amide bonds. The average Bonchev–Trinajstić information content (AvgIpc) is 3.12. The molecule has 27 heavy (non-hydrogen) atoms. The van der Waals surface area contributed by atoms with E-state index in [1.807, 2.05) is 11.0 Å². The Balaban J connectivity index is 1.23. The predicted molar refractivity (Wildman–Crippen MR) is 111 cm³/mol. The summed E-state index contributed by atoms with van der Waals surface area (Å²) < 4.78 is 0. The Bertz CT molecular complexity index is 794. The zero-order valence-electron chi connectivity index (χ0n) is 15.8. The van der Waals surface area contributed by atoms with Crippen LogP contribution in [-0.2, 0) is 11.2 Å². The van der Waals surface area contributed by atoms with Crippen molar-refractivity contribution in [1.29, 1.82) is 0 Å². The van der Waals surface area contributed by atoms with Crippen molar-refractivity contribution in [3.63, 3.8) is 0 Å². The molecule has 0 bridgehead atoms. The summed E-state index contributed by atoms with van der Waals surface area (Å²) in [6, 6.07) is 18.8. The number of carbonyl (C=O) groups excluding carboxylic acids is 1. The molecule has 2 aliphatic heterocycles. The molecule has 0 spiro atoms. The van der Waals surface area contributed by atoms with Gasteiger partial charge in [0, 0.05) is 45.0 Å². The second-order valence-electron chi connectivity index (χ2n) is 7.29. The van der Waals surface area contributed by atoms with Gasteiger partial charge in [0.15, 0.2) is 0 Å². The number of para-hydroxylation sites is 1. The summed E-state index contributed by atoms with van der Waals surface area (Å²) in [7, 11) is 0. The normalized spacial score (nSPS) is 17.5. The number of piperazine rings is 1. The van der Waals surface area contributed by atoms with Crippen molar-refractivity contribution in [3.8, 4) is 0 Å². The van der Waals surface area contributed by atoms with Crippen LogP contribution in [0.3, 0.4) is 0 Å². The van der Waals surface area contributed by atoms with E-state index in [1.54, 1.807) is 0 Å². The highest BCUT2D eigenvalue weighted by Gasteiger charge is 2.25. The molecule has 0 radical (unpaired) electrons. The molecule has 2 aliphatic rings. The summed E-state index contributed by atoms with van der Waals surface area (Å²) in [6.45, 7) is 5.95. The van der Waals surface area contributed by atoms with Crippen molar-refractivity contribution in [2.24, 2.45) is 0 Å². The van der Waals surface area contributed by atoms with Crippen LogP contribution < -0.4 is 4.90 Å². The molecular weight excluding hydrogens is 334 g/mol. The van der Waals surface area contributed by atoms with Crippen LogP contribution >= 0.6 is 0 Å². The number of nitrogens with zero attached hydrogens (tertiary/aromatic N) is 3. The van der Waals surface area contributed by atoms with Crippen molar-refractivity contribution in [1.82, 2.24) is 9.80 Å². The molecule has 4 nitrogen and oxygen atoms in total. The molecule has 4 heteroatoms. The zero-order valence-corrected chi connectivity index (χ0v) is 15.8. The molecule has 1 fully saturated rings. The van der Waals surface area contributed by atoms with E-state index in [2.05, 4.69) is 70.5 Å². The van der Waals surface area contributed by atoms with E-state index in [4.69, 9.17) is 0 Å². The Labute approximate surface area is 161 Å². The molecule has 2 aromatic rings. The van der Waals surface area contributed by atoms with E-state index in [0.717, 1.165) is 45.7 Å². The maximum atomic E-state index is 12.7. The Morgan fingerprint density at radius 1 is 0.889 bits per heavy atom. The van der Waals surface area contributed by atoms with Gasteiger partial charge in [-0.15, -0.1) is 0 Å². The number of anilines is 1. The minimum Gasteiger partial charge on any atom is -0.362 e. The van der Waals surface area contributed by atoms with Crippen molar-refractivity contribution in [3.05, 3.63) is 71.8 Å². The molecule has 2 heterocycles. The van der Waals surface area contributed by atoms with E-state index in [1.165, 1.54) is 16.8 Å². The van der Waals surface area contributed by atoms with Gasteiger partial charge in [-0.25, -0.2) is 0 Å². The monoisotopic (exact) mass is 361 g/mol. The molecule has 0 aliphatic carbocycles. The van der Waals surface area contributed by atoms with Gasteiger partial charge in [0.2, 0.25) is 5.91 Å². The van der Waals surface area contributed by atoms with E-state index < -0.39 is 0 Å². The molecule has 1 saturated heterocycles. The van der Waals surface area contributed by atoms with Crippen LogP contribution in [0.15, 0.2) is 60.7 Å². The molecule has 140 valence electrons. The lowest BCUT2D eigenvalue weighted by Crippen LogP contribution is -2.51. The predicted octanol–water partition coefficient (Wildman–Crippen LogP) is 2.91. The zero-order chi connectivity index (χ0) is 18.5. The fourth-order valence-corrected chi connectivity index (χ4v) is 3.92. The molecule has 0 N–H and O–H groups in total. The summed E-state index contributed by atoms with van der Waals surface area (Å²) in [4.78, 5) is 19.4. The summed E-state index contributed by atoms with van der Waals surface area (Å²) in [5.74, 6) is 0.256. The maximum Gasteiger partial charge on any atom is 0.242 e. The summed E-state index contributed by atoms with van der Waals surface area (Å²) in [5, 5.41) is 0. The van der Waals surface area contributed by atoms with Crippen molar-refractivity contribution < 1.29 is 4.79 Å². The third kappa shape index (κ3) is 4.40. The summed E-state index contributed by atoms with van der Waals surface area (Å²) in [6.07, 6.45) is 5.43. The minimum absolute atomic E-state index is 0.256. The number of carbonyl (C=O) groups is 1. The fraction of sp³-hybridized carbons (Fsp3) is 0.348. The van der Waals surface area contributed by atoms with Gasteiger partial charge in [0.25, 0.3) is 0 Å². The Morgan fingerprint density at radius 3 is 2.44 bits per heavy atom. The highest BCUT2D eigenvalue weighted by atomic mass is 16.2. The third-order valence-corrected chi connectivity index (χ3v) is 5.51. The van der Waals surface area contributed by atoms with Crippen LogP contribution in [0.2, 0.25) is 0 Å². The van der Waals surface area contributed by atoms with Gasteiger partial charge in [0.05, 0.1) is 6.54 Å². The van der Waals surface area contributed by atoms with Gasteiger partial charge in [-0.1, -0.05) is 60.7 Å². The van der Waals surface area contributed by atoms with Crippen LogP contribution in [0.4, 0.5) is 5.69 Å². The molecular formula is C23H27N3O. The van der Waals surface area contributed by atoms with E-state index in [-0.39, 0.29) is 5.91 Å². The topological polar surface area (TPSA) is 26.8 Å². The number of fused-ring (bicyclic) bond motifs is 1. The molecule has 0 aromatic heterocycles. The number of benzene rings is 2. The summed E-state index contributed by atoms with van der Waals surface area (Å²) >= 11 is 0. The first-order valence-corrected chi connectivity index (χ1v) is 9.84. The van der Waals surface area contributed by atoms with Crippen LogP contribution in [0.1, 0.15) is 11.1 Å². The van der Waals surface area contributed by atoms with Crippen molar-refractivity contribution in [2.45, 2.75) is 6.42 Å². The van der Waals surface area contributed by atoms with Gasteiger partial charge < -0.3 is 9.80 Å². The van der Waals surface area contributed by atoms with E-state index >= 15 is 0 Å². The quantitative estimate of drug-likeness (QED) is 0.819. The molecule has 0 unspecified atom stereocenters. The lowest BCUT2D eigenvalue weighted by Gasteiger charge is -2.35. The second-order valence-corrected chi connectivity index (χ2v) is 7.29. The smallest absolute Gasteiger partial charge is 0.242 e. The van der Waals surface area contributed by atoms with Gasteiger partial charge in [-0.3, -0.25) is 9.69 Å². The Hall–Kier alpha value is -2.59. The first-order valence-electron chi connectivity index (χ1n) is 9.84. The van der Waals surface area contributed by atoms with Crippen molar-refractivity contribution in [2.75, 3.05) is 50.7 Å². The van der Waals surface area contributed by atoms with Gasteiger partial charge in [-0.05, 0) is 23.6 Å². The molecule has 4 rings (SSSR count). The highest BCUT2D eigenvalue weighted by Crippen LogP contribution is 2.27. The second kappa shape index (κ2) is 8.40. The molecule has 0 atom stereocenters. The van der Waals surface area contributed by atoms with Crippen LogP contribution in [-0.4, -0.2) is 61.5 Å². The Kier molecular flexibility index (Phi) is 5.54. The fourth-order valence-electron chi connectivity index (χ4n) is 3.92. The number of rotatable bonds is 5. The lowest BCUT2D eigenvalue weighted by atomic mass is 10.2. The summed E-state index contributed by atoms with van der Waals surface area (Å²) in [5.41, 5.74) is 3.83. The largest absolute Gasteiger partial charge is 0.362 e. The number of amides is 1. The average molecular weight is 361 g/mol.